The third-order valence-corrected chi connectivity index (χ3v) is 0. The first-order valence-electron chi connectivity index (χ1n) is 13.1. The molecule has 0 saturated heterocycles. The van der Waals surface area contributed by atoms with E-state index in [-0.39, 0.29) is 377 Å². The molecule has 0 amide bonds. The van der Waals surface area contributed by atoms with Crippen molar-refractivity contribution in [2.75, 3.05) is 0 Å². The first-order chi connectivity index (χ1) is 48.5. The fourth-order valence-electron chi connectivity index (χ4n) is 0. The SMILES string of the molecule is [Ca+2].[Ca+2].[Ca+2].[Ca+2].[Ca+2].[Ca+2].[Ca+2].[Ca+2].[Ca+2].[Ca+2].[O-][I+2]([O-])O.[O-][I+2]([O-])O.[O-][I+2]([O-])O.[O-][I+2]([O-])O.[O-][I+2]([O-])O.[O-][I+2]([O-])O.[O-][I+2]([O-])O.[O-][I+2]([O-])O.[O-][I+2]([O-])[O-].[O-][I+2]([O-])[O-].[O-][I+2]([O-])[O-].[O-][I+2]([O-])[O-].[O-][I+2]([O-])[O-].[O-][I+2]([O-])[O-].[O-][I+2]([O-])[O-].[O-][I+2]([O-])[O-].[O-][I+2]([O-])[O-].[O-][I+2]([O-])[O-].[O-][I+2]([O-])[O-].[O-][I+2]([O-])[O-].[O-][I+2]([O-])[O-].[O-][I+2]([O-])[O-].[O-][I+2]([O-])[O-].[O-][I+2]([O-])[O-].[O-][I+2]([O-])[O-].[O-][I+2]([O-])[O-].[O-][I+2]([O-])[O-].[O-][I+2]([O-])[O-]. The van der Waals surface area contributed by atoms with Crippen LogP contribution in [0.15, 0.2) is 0 Å². The van der Waals surface area contributed by atoms with Crippen LogP contribution < -0.4 is 851 Å². The first-order valence-corrected chi connectivity index (χ1v) is 87.7. The van der Waals surface area contributed by atoms with Gasteiger partial charge in [0.05, 0.1) is 0 Å². The van der Waals surface area contributed by atoms with Gasteiger partial charge in [-0.25, -0.2) is 0 Å². The second-order valence-corrected chi connectivity index (χ2v) is 36.1. The smallest absolute Gasteiger partial charge is 0.427 e. The van der Waals surface area contributed by atoms with Gasteiger partial charge in [-0.15, -0.1) is 0 Å². The summed E-state index contributed by atoms with van der Waals surface area (Å²) in [6, 6.07) is 0. The minimum Gasteiger partial charge on any atom is -0.427 e. The van der Waals surface area contributed by atoms with E-state index in [2.05, 4.69) is 0 Å². The van der Waals surface area contributed by atoms with Gasteiger partial charge in [-0.2, -0.15) is 0 Å². The van der Waals surface area contributed by atoms with Gasteiger partial charge in [-0.3, -0.25) is 0 Å². The Morgan fingerprint density at radius 3 is 0.0656 bits per heavy atom. The third kappa shape index (κ3) is 3760. The van der Waals surface area contributed by atoms with E-state index in [0.717, 1.165) is 0 Å². The Balaban J connectivity index is -0.0000000166. The summed E-state index contributed by atoms with van der Waals surface area (Å²) >= 11 is -110. The molecule has 0 aromatic carbocycles. The molecule has 0 aliphatic rings. The number of rotatable bonds is 0. The van der Waals surface area contributed by atoms with E-state index in [4.69, 9.17) is 289 Å². The molecular formula is H8Ca10I28O84. The molecule has 84 nitrogen and oxygen atoms in total. The quantitative estimate of drug-likeness (QED) is 0.0825. The van der Waals surface area contributed by atoms with Gasteiger partial charge in [0.15, 0.2) is 0 Å². The van der Waals surface area contributed by atoms with Crippen LogP contribution in [0.2, 0.25) is 0 Å². The second kappa shape index (κ2) is 261. The maximum atomic E-state index is 8.68. The van der Waals surface area contributed by atoms with Crippen molar-refractivity contribution in [1.82, 2.24) is 0 Å². The molecule has 0 aromatic heterocycles. The monoisotopic (exact) mass is 5300 g/mol. The van der Waals surface area contributed by atoms with E-state index in [1.165, 1.54) is 0 Å². The number of hydrogen-bond acceptors (Lipinski definition) is 84. The Morgan fingerprint density at radius 2 is 0.0656 bits per heavy atom. The van der Waals surface area contributed by atoms with Gasteiger partial charge < -0.3 is 261 Å². The molecule has 0 aliphatic carbocycles. The van der Waals surface area contributed by atoms with Crippen LogP contribution in [0.5, 0.6) is 0 Å². The van der Waals surface area contributed by atoms with Crippen LogP contribution in [-0.4, -0.2) is 405 Å². The summed E-state index contributed by atoms with van der Waals surface area (Å²) < 4.78 is 710. The van der Waals surface area contributed by atoms with Crippen LogP contribution in [0.25, 0.3) is 0 Å². The van der Waals surface area contributed by atoms with Crippen molar-refractivity contribution in [2.24, 2.45) is 0 Å². The van der Waals surface area contributed by atoms with E-state index in [0.29, 0.717) is 0 Å². The van der Waals surface area contributed by atoms with Crippen molar-refractivity contribution in [3.63, 3.8) is 0 Å². The van der Waals surface area contributed by atoms with E-state index in [1.54, 1.807) is 0 Å². The largest absolute Gasteiger partial charge is 2.00 e. The minimum absolute atomic E-state index is 0. The van der Waals surface area contributed by atoms with Crippen LogP contribution in [0.1, 0.15) is 0 Å². The summed E-state index contributed by atoms with van der Waals surface area (Å²) in [5, 5.41) is 0. The number of hydrogen-bond donors (Lipinski definition) is 8. The average molecular weight is 5310 g/mol. The molecular weight excluding hydrogens is 5300 g/mol. The fourth-order valence-corrected chi connectivity index (χ4v) is 0. The summed E-state index contributed by atoms with van der Waals surface area (Å²) in [7, 11) is 0. The molecule has 0 radical (unpaired) electrons. The molecule has 122 heavy (non-hydrogen) atoms. The zero-order valence-electron chi connectivity index (χ0n) is 52.3. The summed E-state index contributed by atoms with van der Waals surface area (Å²) in [6.45, 7) is 0. The van der Waals surface area contributed by atoms with Gasteiger partial charge in [0.2, 0.25) is 0 Å². The molecule has 0 rings (SSSR count). The molecule has 0 saturated carbocycles. The molecule has 0 spiro atoms. The molecule has 122 heteroatoms. The summed E-state index contributed by atoms with van der Waals surface area (Å²) in [5.41, 5.74) is 0. The molecule has 0 unspecified atom stereocenters. The number of halogens is 28. The predicted octanol–water partition coefficient (Wildman–Crippen LogP) is -183. The summed E-state index contributed by atoms with van der Waals surface area (Å²) in [4.78, 5) is 0. The second-order valence-electron chi connectivity index (χ2n) is 5.39. The summed E-state index contributed by atoms with van der Waals surface area (Å²) in [5.74, 6) is 0. The van der Waals surface area contributed by atoms with Crippen molar-refractivity contribution in [3.05, 3.63) is 0 Å². The molecule has 0 heterocycles. The van der Waals surface area contributed by atoms with Gasteiger partial charge >= 0.3 is 546 Å². The van der Waals surface area contributed by atoms with Crippen molar-refractivity contribution < 1.29 is 878 Å². The maximum Gasteiger partial charge on any atom is 2.00 e. The molecule has 728 valence electrons. The van der Waals surface area contributed by atoms with Crippen LogP contribution >= 0.6 is 0 Å². The summed E-state index contributed by atoms with van der Waals surface area (Å²) in [6.07, 6.45) is 0. The van der Waals surface area contributed by atoms with Gasteiger partial charge in [-0.05, 0) is 27.5 Å². The van der Waals surface area contributed by atoms with Gasteiger partial charge in [0.1, 0.15) is 0 Å². The molecule has 0 fully saturated rings. The van der Waals surface area contributed by atoms with Gasteiger partial charge in [-0.1, -0.05) is 0 Å². The standard InChI is InChI=1S/10Ca.8HIO3.20IO3/c;;;;;;;;;;28*2-1(3)4/h;;;;;;;;;;8*2H;;;;;;;;;;;;;;;;;;;;/q10*+2;;;;;;;;;20*-1. The predicted molar refractivity (Wildman–Crippen MR) is 75.3 cm³/mol. The Hall–Kier alpha value is 29.7. The average Bonchev–Trinajstić information content (AvgIpc) is 3.24. The normalized spacial score (nSPS) is 8.26. The zero-order valence-corrected chi connectivity index (χ0v) is 135. The topological polar surface area (TPSA) is 1910 Å². The fraction of sp³-hybridized carbons (Fsp3) is 0. The molecule has 0 aliphatic heterocycles. The van der Waals surface area contributed by atoms with Crippen molar-refractivity contribution >= 4 is 377 Å². The van der Waals surface area contributed by atoms with Crippen LogP contribution in [0, 0.1) is 0 Å². The molecule has 0 aromatic rings. The van der Waals surface area contributed by atoms with Crippen LogP contribution in [0.4, 0.5) is 0 Å². The Morgan fingerprint density at radius 1 is 0.0656 bits per heavy atom. The van der Waals surface area contributed by atoms with Crippen LogP contribution in [-0.2, 0) is 0 Å². The van der Waals surface area contributed by atoms with E-state index in [9.17, 15) is 0 Å². The Labute approximate surface area is 1220 Å². The first kappa shape index (κ1) is 266. The van der Waals surface area contributed by atoms with E-state index >= 15 is 0 Å². The van der Waals surface area contributed by atoms with E-state index < -0.39 is 590 Å². The van der Waals surface area contributed by atoms with Crippen molar-refractivity contribution in [3.8, 4) is 0 Å². The zero-order chi connectivity index (χ0) is 100. The van der Waals surface area contributed by atoms with Crippen molar-refractivity contribution in [2.45, 2.75) is 0 Å². The van der Waals surface area contributed by atoms with Gasteiger partial charge in [0.25, 0.3) is 421 Å². The maximum absolute atomic E-state index is 8.68. The molecule has 8 N–H and O–H groups in total. The van der Waals surface area contributed by atoms with Crippen molar-refractivity contribution in [1.29, 1.82) is 0 Å². The van der Waals surface area contributed by atoms with E-state index in [1.807, 2.05) is 0 Å². The third-order valence-electron chi connectivity index (χ3n) is 0. The van der Waals surface area contributed by atoms with Gasteiger partial charge in [0, 0.05) is 0 Å². The van der Waals surface area contributed by atoms with Crippen LogP contribution in [0.3, 0.4) is 0 Å². The Bertz CT molecular complexity index is 678. The molecule has 0 atom stereocenters. The minimum atomic E-state index is -4.01. The Kier molecular flexibility index (Phi) is 571. The molecule has 0 bridgehead atoms.